The van der Waals surface area contributed by atoms with Crippen LogP contribution >= 0.6 is 11.6 Å². The lowest BCUT2D eigenvalue weighted by atomic mass is 9.55. The molecule has 3 aliphatic rings. The van der Waals surface area contributed by atoms with Gasteiger partial charge in [0.1, 0.15) is 22.8 Å². The van der Waals surface area contributed by atoms with Gasteiger partial charge in [-0.3, -0.25) is 23.8 Å². The highest BCUT2D eigenvalue weighted by atomic mass is 35.5. The van der Waals surface area contributed by atoms with E-state index in [9.17, 15) is 48.3 Å². The summed E-state index contributed by atoms with van der Waals surface area (Å²) in [5.41, 5.74) is -1.21. The first-order valence-electron chi connectivity index (χ1n) is 16.8. The van der Waals surface area contributed by atoms with Crippen molar-refractivity contribution in [1.29, 1.82) is 0 Å². The number of hydrogen-bond acceptors (Lipinski definition) is 12. The van der Waals surface area contributed by atoms with Gasteiger partial charge in [0, 0.05) is 28.0 Å². The van der Waals surface area contributed by atoms with Gasteiger partial charge >= 0.3 is 10.4 Å². The van der Waals surface area contributed by atoms with E-state index < -0.39 is 85.4 Å². The zero-order valence-electron chi connectivity index (χ0n) is 28.8. The summed E-state index contributed by atoms with van der Waals surface area (Å²) in [6.07, 6.45) is 11.6. The zero-order valence-corrected chi connectivity index (χ0v) is 30.4. The molecule has 0 saturated carbocycles. The summed E-state index contributed by atoms with van der Waals surface area (Å²) >= 11 is 6.26. The molecule has 1 amide bonds. The van der Waals surface area contributed by atoms with Crippen LogP contribution in [0.25, 0.3) is 0 Å². The third kappa shape index (κ3) is 8.35. The van der Waals surface area contributed by atoms with Crippen LogP contribution in [0.2, 0.25) is 5.02 Å². The van der Waals surface area contributed by atoms with Crippen LogP contribution in [0.15, 0.2) is 34.8 Å². The number of aromatic hydroxyl groups is 1. The molecule has 16 heteroatoms. The minimum atomic E-state index is -4.23. The fourth-order valence-electron chi connectivity index (χ4n) is 7.34. The number of aliphatic hydroxyl groups excluding tert-OH is 2. The fraction of sp³-hybridized carbons (Fsp3) is 0.618. The lowest BCUT2D eigenvalue weighted by Gasteiger charge is -2.52. The molecule has 1 aromatic carbocycles. The lowest BCUT2D eigenvalue weighted by Crippen LogP contribution is -2.65. The van der Waals surface area contributed by atoms with Crippen LogP contribution in [0.4, 0.5) is 0 Å². The number of halogens is 1. The van der Waals surface area contributed by atoms with Crippen LogP contribution in [0, 0.1) is 11.8 Å². The molecule has 0 aromatic heterocycles. The molecule has 0 fully saturated rings. The Morgan fingerprint density at radius 3 is 2.04 bits per heavy atom. The Morgan fingerprint density at radius 2 is 1.54 bits per heavy atom. The highest BCUT2D eigenvalue weighted by molar-refractivity contribution is 7.80. The van der Waals surface area contributed by atoms with Crippen molar-refractivity contribution in [1.82, 2.24) is 4.90 Å². The molecule has 0 saturated heterocycles. The number of phenols is 1. The molecule has 0 bridgehead atoms. The topological polar surface area (TPSA) is 245 Å². The standard InChI is InChI=1S/C22H23ClN2O8.C12H26O4S/c1-21(32)7-6-8-15(25(2)3)17(28)13(20(24)31)19(30)22(8,33)18(29)11(7)16(27)12-10(26)5-4-9(23)14(12)21;1-2-3-4-5-6-7-8-9-10-11-12-16-17(13,14)15/h4-5,7-8,15,26,28-29,32-33H,6H2,1-3H3,(H2,24,31);2-12H2,1H3,(H,13,14,15)/t7-,8-,15-,21-,22-;/m0./s1. The number of phenolic OH excluding ortho intramolecular Hbond substituents is 1. The number of likely N-dealkylation sites (N-methyl/N-ethyl adjacent to an activating group) is 1. The van der Waals surface area contributed by atoms with Crippen molar-refractivity contribution in [3.05, 3.63) is 50.9 Å². The maximum absolute atomic E-state index is 13.4. The number of nitrogens with two attached hydrogens (primary N) is 1. The van der Waals surface area contributed by atoms with E-state index in [1.807, 2.05) is 0 Å². The average Bonchev–Trinajstić information content (AvgIpc) is 3.01. The second kappa shape index (κ2) is 16.5. The molecular formula is C34H49ClN2O12S. The Labute approximate surface area is 297 Å². The summed E-state index contributed by atoms with van der Waals surface area (Å²) in [6.45, 7) is 3.65. The minimum Gasteiger partial charge on any atom is -0.510 e. The maximum atomic E-state index is 13.4. The van der Waals surface area contributed by atoms with E-state index in [1.165, 1.54) is 76.9 Å². The third-order valence-electron chi connectivity index (χ3n) is 9.80. The number of carbonyl (C=O) groups is 3. The molecule has 0 radical (unpaired) electrons. The van der Waals surface area contributed by atoms with E-state index in [4.69, 9.17) is 21.9 Å². The number of rotatable bonds is 14. The van der Waals surface area contributed by atoms with Crippen LogP contribution in [0.5, 0.6) is 5.75 Å². The van der Waals surface area contributed by atoms with Crippen molar-refractivity contribution < 1.29 is 57.1 Å². The first kappa shape index (κ1) is 41.4. The van der Waals surface area contributed by atoms with Gasteiger partial charge in [-0.1, -0.05) is 76.3 Å². The van der Waals surface area contributed by atoms with E-state index in [0.717, 1.165) is 18.9 Å². The number of carbonyl (C=O) groups excluding carboxylic acids is 3. The SMILES string of the molecule is CCCCCCCCCCCCOS(=O)(=O)O.CN(C)[C@@H]1C(O)=C(C(N)=O)C(=O)[C@@]2(O)C(O)=C3C(=O)c4c(O)ccc(Cl)c4[C@@](C)(O)[C@H]3C[C@@H]12. The van der Waals surface area contributed by atoms with E-state index in [0.29, 0.717) is 6.42 Å². The number of ketones is 2. The summed E-state index contributed by atoms with van der Waals surface area (Å²) in [7, 11) is -1.21. The first-order valence-corrected chi connectivity index (χ1v) is 18.5. The summed E-state index contributed by atoms with van der Waals surface area (Å²) < 4.78 is 33.0. The summed E-state index contributed by atoms with van der Waals surface area (Å²) in [6, 6.07) is 1.30. The van der Waals surface area contributed by atoms with Crippen molar-refractivity contribution in [3.63, 3.8) is 0 Å². The average molecular weight is 745 g/mol. The van der Waals surface area contributed by atoms with E-state index in [1.54, 1.807) is 0 Å². The summed E-state index contributed by atoms with van der Waals surface area (Å²) in [5.74, 6) is -8.29. The molecule has 0 spiro atoms. The number of fused-ring (bicyclic) bond motifs is 3. The second-order valence-corrected chi connectivity index (χ2v) is 15.0. The van der Waals surface area contributed by atoms with Crippen molar-refractivity contribution in [2.45, 2.75) is 102 Å². The van der Waals surface area contributed by atoms with Gasteiger partial charge in [-0.05, 0) is 46.0 Å². The van der Waals surface area contributed by atoms with Crippen molar-refractivity contribution >= 4 is 39.5 Å². The van der Waals surface area contributed by atoms with Crippen molar-refractivity contribution in [2.75, 3.05) is 20.7 Å². The molecular weight excluding hydrogens is 696 g/mol. The van der Waals surface area contributed by atoms with Crippen LogP contribution in [0.3, 0.4) is 0 Å². The Balaban J connectivity index is 0.000000338. The molecule has 3 aliphatic carbocycles. The van der Waals surface area contributed by atoms with Gasteiger partial charge in [0.05, 0.1) is 23.8 Å². The summed E-state index contributed by atoms with van der Waals surface area (Å²) in [5, 5.41) is 55.3. The molecule has 0 aliphatic heterocycles. The van der Waals surface area contributed by atoms with Crippen molar-refractivity contribution in [2.24, 2.45) is 17.6 Å². The predicted molar refractivity (Wildman–Crippen MR) is 184 cm³/mol. The van der Waals surface area contributed by atoms with Gasteiger partial charge in [0.2, 0.25) is 5.78 Å². The van der Waals surface area contributed by atoms with Gasteiger partial charge in [-0.15, -0.1) is 0 Å². The first-order chi connectivity index (χ1) is 23.2. The lowest BCUT2D eigenvalue weighted by molar-refractivity contribution is -0.151. The number of aliphatic hydroxyl groups is 4. The number of unbranched alkanes of at least 4 members (excludes halogenated alkanes) is 9. The molecule has 4 rings (SSSR count). The van der Waals surface area contributed by atoms with Gasteiger partial charge in [-0.25, -0.2) is 4.18 Å². The van der Waals surface area contributed by atoms with Crippen LogP contribution in [0.1, 0.15) is 100 Å². The zero-order chi connectivity index (χ0) is 37.8. The molecule has 280 valence electrons. The number of nitrogens with zero attached hydrogens (tertiary/aromatic N) is 1. The molecule has 50 heavy (non-hydrogen) atoms. The van der Waals surface area contributed by atoms with Gasteiger partial charge in [0.15, 0.2) is 11.4 Å². The Bertz CT molecular complexity index is 1640. The normalized spacial score (nSPS) is 26.3. The largest absolute Gasteiger partial charge is 0.510 e. The number of amides is 1. The maximum Gasteiger partial charge on any atom is 0.397 e. The number of Topliss-reactive ketones (excluding diaryl/α,β-unsaturated/α-hetero) is 2. The van der Waals surface area contributed by atoms with Crippen LogP contribution in [-0.4, -0.2) is 93.2 Å². The molecule has 0 heterocycles. The molecule has 1 aromatic rings. The predicted octanol–water partition coefficient (Wildman–Crippen LogP) is 4.17. The van der Waals surface area contributed by atoms with E-state index in [-0.39, 0.29) is 29.2 Å². The fourth-order valence-corrected chi connectivity index (χ4v) is 8.02. The molecule has 14 nitrogen and oxygen atoms in total. The van der Waals surface area contributed by atoms with Crippen molar-refractivity contribution in [3.8, 4) is 5.75 Å². The highest BCUT2D eigenvalue weighted by Crippen LogP contribution is 2.57. The monoisotopic (exact) mass is 744 g/mol. The Hall–Kier alpha value is -3.05. The quantitative estimate of drug-likeness (QED) is 0.0804. The summed E-state index contributed by atoms with van der Waals surface area (Å²) in [4.78, 5) is 40.0. The number of primary amides is 1. The van der Waals surface area contributed by atoms with Gasteiger partial charge in [-0.2, -0.15) is 8.42 Å². The smallest absolute Gasteiger partial charge is 0.397 e. The number of benzene rings is 1. The Morgan fingerprint density at radius 1 is 1.00 bits per heavy atom. The van der Waals surface area contributed by atoms with Gasteiger partial charge in [0.25, 0.3) is 5.91 Å². The highest BCUT2D eigenvalue weighted by Gasteiger charge is 2.65. The molecule has 8 N–H and O–H groups in total. The third-order valence-corrected chi connectivity index (χ3v) is 10.6. The second-order valence-electron chi connectivity index (χ2n) is 13.5. The van der Waals surface area contributed by atoms with Crippen LogP contribution < -0.4 is 5.73 Å². The van der Waals surface area contributed by atoms with E-state index >= 15 is 0 Å². The van der Waals surface area contributed by atoms with Gasteiger partial charge < -0.3 is 31.3 Å². The minimum absolute atomic E-state index is 0.00293. The molecule has 5 atom stereocenters. The number of hydrogen-bond donors (Lipinski definition) is 7. The molecule has 0 unspecified atom stereocenters. The van der Waals surface area contributed by atoms with Crippen LogP contribution in [-0.2, 0) is 29.8 Å². The van der Waals surface area contributed by atoms with E-state index in [2.05, 4.69) is 11.1 Å². The Kier molecular flexibility index (Phi) is 13.7.